The van der Waals surface area contributed by atoms with Gasteiger partial charge in [0, 0.05) is 17.6 Å². The predicted molar refractivity (Wildman–Crippen MR) is 105 cm³/mol. The van der Waals surface area contributed by atoms with Crippen LogP contribution in [0.15, 0.2) is 47.3 Å². The fourth-order valence-corrected chi connectivity index (χ4v) is 3.01. The van der Waals surface area contributed by atoms with Crippen LogP contribution in [0.5, 0.6) is 0 Å². The molecule has 0 aliphatic carbocycles. The summed E-state index contributed by atoms with van der Waals surface area (Å²) in [4.78, 5) is 25.6. The molecule has 0 bridgehead atoms. The van der Waals surface area contributed by atoms with Crippen LogP contribution in [0, 0.1) is 19.8 Å². The first-order chi connectivity index (χ1) is 12.4. The van der Waals surface area contributed by atoms with Crippen LogP contribution in [-0.2, 0) is 6.54 Å². The Balaban J connectivity index is 2.09. The highest BCUT2D eigenvalue weighted by Crippen LogP contribution is 2.19. The lowest BCUT2D eigenvalue weighted by Crippen LogP contribution is -2.29. The van der Waals surface area contributed by atoms with Crippen LogP contribution in [0.25, 0.3) is 10.8 Å². The number of fused-ring (bicyclic) bond motifs is 1. The van der Waals surface area contributed by atoms with Gasteiger partial charge in [0.2, 0.25) is 0 Å². The number of nitrogens with zero attached hydrogens (tertiary/aromatic N) is 2. The first-order valence-corrected chi connectivity index (χ1v) is 8.75. The first-order valence-electron chi connectivity index (χ1n) is 8.75. The summed E-state index contributed by atoms with van der Waals surface area (Å²) < 4.78 is 1.39. The molecule has 134 valence electrons. The van der Waals surface area contributed by atoms with Gasteiger partial charge in [-0.2, -0.15) is 5.10 Å². The fraction of sp³-hybridized carbons (Fsp3) is 0.286. The molecule has 3 aromatic rings. The topological polar surface area (TPSA) is 64.0 Å². The molecular weight excluding hydrogens is 326 g/mol. The van der Waals surface area contributed by atoms with Crippen molar-refractivity contribution in [1.82, 2.24) is 9.78 Å². The number of aromatic nitrogens is 2. The van der Waals surface area contributed by atoms with E-state index in [1.165, 1.54) is 4.68 Å². The number of carbonyl (C=O) groups excluding carboxylic acids is 1. The highest BCUT2D eigenvalue weighted by molar-refractivity contribution is 6.11. The third kappa shape index (κ3) is 3.52. The molecular formula is C21H23N3O2. The molecule has 5 nitrogen and oxygen atoms in total. The van der Waals surface area contributed by atoms with Crippen molar-refractivity contribution < 1.29 is 4.79 Å². The van der Waals surface area contributed by atoms with Gasteiger partial charge in [-0.05, 0) is 37.5 Å². The van der Waals surface area contributed by atoms with E-state index in [9.17, 15) is 9.59 Å². The standard InChI is InChI=1S/C21H23N3O2/c1-13(2)12-24-21(26)17-8-6-5-7-16(17)19(23-24)20(25)22-18-10-9-14(3)11-15(18)4/h5-11,13H,12H2,1-4H3,(H,22,25). The molecule has 0 aliphatic heterocycles. The minimum Gasteiger partial charge on any atom is -0.320 e. The third-order valence-corrected chi connectivity index (χ3v) is 4.25. The van der Waals surface area contributed by atoms with Crippen molar-refractivity contribution in [3.05, 3.63) is 69.6 Å². The van der Waals surface area contributed by atoms with Gasteiger partial charge in [-0.15, -0.1) is 0 Å². The van der Waals surface area contributed by atoms with Gasteiger partial charge in [-0.25, -0.2) is 4.68 Å². The van der Waals surface area contributed by atoms with Crippen LogP contribution >= 0.6 is 0 Å². The van der Waals surface area contributed by atoms with Crippen molar-refractivity contribution in [3.8, 4) is 0 Å². The largest absolute Gasteiger partial charge is 0.320 e. The molecule has 1 heterocycles. The van der Waals surface area contributed by atoms with Gasteiger partial charge in [-0.1, -0.05) is 49.7 Å². The third-order valence-electron chi connectivity index (χ3n) is 4.25. The fourth-order valence-electron chi connectivity index (χ4n) is 3.01. The number of amides is 1. The van der Waals surface area contributed by atoms with Crippen LogP contribution in [-0.4, -0.2) is 15.7 Å². The number of anilines is 1. The zero-order valence-corrected chi connectivity index (χ0v) is 15.5. The number of carbonyl (C=O) groups is 1. The normalized spacial score (nSPS) is 11.1. The Morgan fingerprint density at radius 1 is 1.12 bits per heavy atom. The van der Waals surface area contributed by atoms with Crippen molar-refractivity contribution >= 4 is 22.4 Å². The quantitative estimate of drug-likeness (QED) is 0.776. The van der Waals surface area contributed by atoms with Gasteiger partial charge in [0.05, 0.1) is 5.39 Å². The molecule has 0 fully saturated rings. The summed E-state index contributed by atoms with van der Waals surface area (Å²) in [5.41, 5.74) is 2.96. The van der Waals surface area contributed by atoms with E-state index in [0.29, 0.717) is 17.3 Å². The lowest BCUT2D eigenvalue weighted by molar-refractivity contribution is 0.102. The van der Waals surface area contributed by atoms with E-state index in [4.69, 9.17) is 0 Å². The zero-order chi connectivity index (χ0) is 18.8. The monoisotopic (exact) mass is 349 g/mol. The molecule has 0 atom stereocenters. The van der Waals surface area contributed by atoms with E-state index >= 15 is 0 Å². The maximum absolute atomic E-state index is 12.9. The Labute approximate surface area is 152 Å². The average Bonchev–Trinajstić information content (AvgIpc) is 2.59. The van der Waals surface area contributed by atoms with Crippen LogP contribution in [0.2, 0.25) is 0 Å². The molecule has 0 radical (unpaired) electrons. The summed E-state index contributed by atoms with van der Waals surface area (Å²) in [7, 11) is 0. The Bertz CT molecular complexity index is 1040. The maximum atomic E-state index is 12.9. The highest BCUT2D eigenvalue weighted by atomic mass is 16.2. The molecule has 3 rings (SSSR count). The molecule has 5 heteroatoms. The van der Waals surface area contributed by atoms with Crippen LogP contribution < -0.4 is 10.9 Å². The van der Waals surface area contributed by atoms with Gasteiger partial charge in [0.15, 0.2) is 5.69 Å². The van der Waals surface area contributed by atoms with Gasteiger partial charge < -0.3 is 5.32 Å². The lowest BCUT2D eigenvalue weighted by atomic mass is 10.1. The second-order valence-electron chi connectivity index (χ2n) is 7.05. The van der Waals surface area contributed by atoms with Gasteiger partial charge in [0.1, 0.15) is 0 Å². The van der Waals surface area contributed by atoms with E-state index in [1.54, 1.807) is 18.2 Å². The highest BCUT2D eigenvalue weighted by Gasteiger charge is 2.17. The Kier molecular flexibility index (Phi) is 4.89. The molecule has 0 unspecified atom stereocenters. The lowest BCUT2D eigenvalue weighted by Gasteiger charge is -2.13. The minimum atomic E-state index is -0.314. The van der Waals surface area contributed by atoms with Crippen molar-refractivity contribution in [2.45, 2.75) is 34.2 Å². The minimum absolute atomic E-state index is 0.169. The van der Waals surface area contributed by atoms with Crippen LogP contribution in [0.4, 0.5) is 5.69 Å². The molecule has 1 N–H and O–H groups in total. The smallest absolute Gasteiger partial charge is 0.276 e. The molecule has 1 amide bonds. The van der Waals surface area contributed by atoms with E-state index in [1.807, 2.05) is 52.0 Å². The number of hydrogen-bond donors (Lipinski definition) is 1. The molecule has 2 aromatic carbocycles. The van der Waals surface area contributed by atoms with E-state index < -0.39 is 0 Å². The summed E-state index contributed by atoms with van der Waals surface area (Å²) >= 11 is 0. The van der Waals surface area contributed by atoms with Gasteiger partial charge >= 0.3 is 0 Å². The van der Waals surface area contributed by atoms with Gasteiger partial charge in [0.25, 0.3) is 11.5 Å². The molecule has 0 saturated carbocycles. The Morgan fingerprint density at radius 2 is 1.81 bits per heavy atom. The molecule has 1 aromatic heterocycles. The zero-order valence-electron chi connectivity index (χ0n) is 15.5. The summed E-state index contributed by atoms with van der Waals surface area (Å²) in [6.07, 6.45) is 0. The first kappa shape index (κ1) is 17.9. The van der Waals surface area contributed by atoms with Crippen LogP contribution in [0.3, 0.4) is 0 Å². The number of hydrogen-bond acceptors (Lipinski definition) is 3. The van der Waals surface area contributed by atoms with E-state index in [2.05, 4.69) is 10.4 Å². The van der Waals surface area contributed by atoms with E-state index in [0.717, 1.165) is 16.8 Å². The van der Waals surface area contributed by atoms with E-state index in [-0.39, 0.29) is 23.1 Å². The summed E-state index contributed by atoms with van der Waals surface area (Å²) in [6.45, 7) is 8.45. The van der Waals surface area contributed by atoms with Crippen molar-refractivity contribution in [1.29, 1.82) is 0 Å². The van der Waals surface area contributed by atoms with Crippen molar-refractivity contribution in [3.63, 3.8) is 0 Å². The summed E-state index contributed by atoms with van der Waals surface area (Å²) in [6, 6.07) is 13.0. The summed E-state index contributed by atoms with van der Waals surface area (Å²) in [5, 5.41) is 8.38. The number of benzene rings is 2. The number of rotatable bonds is 4. The number of nitrogens with one attached hydrogen (secondary N) is 1. The second kappa shape index (κ2) is 7.12. The Morgan fingerprint density at radius 3 is 2.46 bits per heavy atom. The molecule has 0 aliphatic rings. The summed E-state index contributed by atoms with van der Waals surface area (Å²) in [5.74, 6) is -0.0673. The molecule has 26 heavy (non-hydrogen) atoms. The Hall–Kier alpha value is -2.95. The van der Waals surface area contributed by atoms with Gasteiger partial charge in [-0.3, -0.25) is 9.59 Å². The maximum Gasteiger partial charge on any atom is 0.276 e. The molecule has 0 spiro atoms. The SMILES string of the molecule is Cc1ccc(NC(=O)c2nn(CC(C)C)c(=O)c3ccccc23)c(C)c1. The number of aryl methyl sites for hydroxylation is 2. The second-order valence-corrected chi connectivity index (χ2v) is 7.05. The predicted octanol–water partition coefficient (Wildman–Crippen LogP) is 3.92. The van der Waals surface area contributed by atoms with Crippen molar-refractivity contribution in [2.24, 2.45) is 5.92 Å². The van der Waals surface area contributed by atoms with Crippen molar-refractivity contribution in [2.75, 3.05) is 5.32 Å². The molecule has 0 saturated heterocycles. The van der Waals surface area contributed by atoms with Crippen LogP contribution in [0.1, 0.15) is 35.5 Å². The average molecular weight is 349 g/mol.